The Bertz CT molecular complexity index is 394. The second-order valence-corrected chi connectivity index (χ2v) is 6.76. The minimum absolute atomic E-state index is 0.633. The largest absolute Gasteiger partial charge is 0.385 e. The first-order chi connectivity index (χ1) is 9.62. The van der Waals surface area contributed by atoms with Gasteiger partial charge in [0, 0.05) is 0 Å². The van der Waals surface area contributed by atoms with Crippen molar-refractivity contribution in [2.24, 2.45) is 0 Å². The van der Waals surface area contributed by atoms with Crippen molar-refractivity contribution < 1.29 is 10.2 Å². The van der Waals surface area contributed by atoms with Crippen molar-refractivity contribution in [3.8, 4) is 0 Å². The van der Waals surface area contributed by atoms with E-state index < -0.39 is 11.2 Å². The van der Waals surface area contributed by atoms with Crippen molar-refractivity contribution in [3.05, 3.63) is 35.4 Å². The summed E-state index contributed by atoms with van der Waals surface area (Å²) in [5.74, 6) is 0. The van der Waals surface area contributed by atoms with Crippen LogP contribution in [0.25, 0.3) is 0 Å². The Balaban J connectivity index is 1.80. The highest BCUT2D eigenvalue weighted by atomic mass is 16.3. The minimum Gasteiger partial charge on any atom is -0.385 e. The molecule has 0 unspecified atom stereocenters. The van der Waals surface area contributed by atoms with E-state index >= 15 is 0 Å². The maximum Gasteiger partial charge on any atom is 0.0896 e. The summed E-state index contributed by atoms with van der Waals surface area (Å²) in [6.07, 6.45) is 10.4. The molecule has 0 saturated heterocycles. The highest BCUT2D eigenvalue weighted by Gasteiger charge is 2.33. The van der Waals surface area contributed by atoms with Crippen LogP contribution >= 0.6 is 0 Å². The molecule has 2 aliphatic carbocycles. The summed E-state index contributed by atoms with van der Waals surface area (Å²) in [6.45, 7) is 0. The SMILES string of the molecule is OC1(c2ccc(C3(O)CCCCC3)cc2)CCCCC1. The second-order valence-electron chi connectivity index (χ2n) is 6.76. The van der Waals surface area contributed by atoms with Gasteiger partial charge in [-0.25, -0.2) is 0 Å². The van der Waals surface area contributed by atoms with Crippen LogP contribution in [0.2, 0.25) is 0 Å². The number of rotatable bonds is 2. The van der Waals surface area contributed by atoms with Crippen molar-refractivity contribution in [2.45, 2.75) is 75.4 Å². The summed E-state index contributed by atoms with van der Waals surface area (Å²) in [5, 5.41) is 21.5. The molecule has 0 aromatic heterocycles. The molecule has 110 valence electrons. The van der Waals surface area contributed by atoms with Crippen molar-refractivity contribution in [1.82, 2.24) is 0 Å². The minimum atomic E-state index is -0.633. The molecule has 0 radical (unpaired) electrons. The van der Waals surface area contributed by atoms with Crippen molar-refractivity contribution >= 4 is 0 Å². The lowest BCUT2D eigenvalue weighted by atomic mass is 9.77. The fourth-order valence-corrected chi connectivity index (χ4v) is 3.94. The van der Waals surface area contributed by atoms with E-state index in [1.807, 2.05) is 24.3 Å². The third kappa shape index (κ3) is 2.64. The summed E-state index contributed by atoms with van der Waals surface area (Å²) >= 11 is 0. The summed E-state index contributed by atoms with van der Waals surface area (Å²) in [7, 11) is 0. The molecule has 20 heavy (non-hydrogen) atoms. The zero-order chi connectivity index (χ0) is 14.1. The van der Waals surface area contributed by atoms with Crippen LogP contribution in [0.4, 0.5) is 0 Å². The highest BCUT2D eigenvalue weighted by molar-refractivity contribution is 5.31. The fourth-order valence-electron chi connectivity index (χ4n) is 3.94. The third-order valence-electron chi connectivity index (χ3n) is 5.32. The van der Waals surface area contributed by atoms with Gasteiger partial charge in [-0.05, 0) is 36.8 Å². The summed E-state index contributed by atoms with van der Waals surface area (Å²) < 4.78 is 0. The van der Waals surface area contributed by atoms with Crippen molar-refractivity contribution in [3.63, 3.8) is 0 Å². The number of aliphatic hydroxyl groups is 2. The molecule has 2 heteroatoms. The van der Waals surface area contributed by atoms with Crippen LogP contribution in [0.1, 0.15) is 75.3 Å². The molecule has 0 aliphatic heterocycles. The Morgan fingerprint density at radius 3 is 1.15 bits per heavy atom. The monoisotopic (exact) mass is 274 g/mol. The third-order valence-corrected chi connectivity index (χ3v) is 5.32. The van der Waals surface area contributed by atoms with E-state index in [0.29, 0.717) is 0 Å². The topological polar surface area (TPSA) is 40.5 Å². The smallest absolute Gasteiger partial charge is 0.0896 e. The lowest BCUT2D eigenvalue weighted by Crippen LogP contribution is -2.30. The van der Waals surface area contributed by atoms with Gasteiger partial charge in [-0.3, -0.25) is 0 Å². The van der Waals surface area contributed by atoms with E-state index in [1.165, 1.54) is 12.8 Å². The standard InChI is InChI=1S/C18H26O2/c19-17(11-3-1-4-12-17)15-7-9-16(10-8-15)18(20)13-5-2-6-14-18/h7-10,19-20H,1-6,11-14H2. The molecule has 0 bridgehead atoms. The molecule has 0 atom stereocenters. The zero-order valence-corrected chi connectivity index (χ0v) is 12.3. The molecule has 1 aromatic carbocycles. The average Bonchev–Trinajstić information content (AvgIpc) is 2.49. The van der Waals surface area contributed by atoms with E-state index in [4.69, 9.17) is 0 Å². The quantitative estimate of drug-likeness (QED) is 0.856. The van der Waals surface area contributed by atoms with Crippen LogP contribution in [-0.2, 0) is 11.2 Å². The summed E-state index contributed by atoms with van der Waals surface area (Å²) in [6, 6.07) is 8.14. The molecule has 2 aliphatic rings. The molecule has 0 amide bonds. The van der Waals surface area contributed by atoms with E-state index in [0.717, 1.165) is 62.5 Å². The Hall–Kier alpha value is -0.860. The van der Waals surface area contributed by atoms with Gasteiger partial charge in [0.1, 0.15) is 0 Å². The van der Waals surface area contributed by atoms with E-state index in [2.05, 4.69) is 0 Å². The summed E-state index contributed by atoms with van der Waals surface area (Å²) in [4.78, 5) is 0. The van der Waals surface area contributed by atoms with E-state index in [1.54, 1.807) is 0 Å². The molecule has 2 saturated carbocycles. The van der Waals surface area contributed by atoms with E-state index in [-0.39, 0.29) is 0 Å². The van der Waals surface area contributed by atoms with Crippen LogP contribution in [0, 0.1) is 0 Å². The van der Waals surface area contributed by atoms with Gasteiger partial charge in [0.15, 0.2) is 0 Å². The first-order valence-electron chi connectivity index (χ1n) is 8.18. The van der Waals surface area contributed by atoms with Crippen LogP contribution in [0.3, 0.4) is 0 Å². The molecular weight excluding hydrogens is 248 g/mol. The Morgan fingerprint density at radius 1 is 0.550 bits per heavy atom. The number of hydrogen-bond acceptors (Lipinski definition) is 2. The van der Waals surface area contributed by atoms with Gasteiger partial charge in [-0.1, -0.05) is 62.8 Å². The van der Waals surface area contributed by atoms with E-state index in [9.17, 15) is 10.2 Å². The second kappa shape index (κ2) is 5.50. The molecule has 0 heterocycles. The van der Waals surface area contributed by atoms with Crippen LogP contribution in [-0.4, -0.2) is 10.2 Å². The van der Waals surface area contributed by atoms with Crippen LogP contribution in [0.15, 0.2) is 24.3 Å². The zero-order valence-electron chi connectivity index (χ0n) is 12.3. The molecule has 2 fully saturated rings. The molecular formula is C18H26O2. The predicted octanol–water partition coefficient (Wildman–Crippen LogP) is 3.99. The molecule has 2 nitrogen and oxygen atoms in total. The molecule has 0 spiro atoms. The molecule has 3 rings (SSSR count). The number of benzene rings is 1. The van der Waals surface area contributed by atoms with Crippen LogP contribution in [0.5, 0.6) is 0 Å². The van der Waals surface area contributed by atoms with Gasteiger partial charge in [0.05, 0.1) is 11.2 Å². The normalized spacial score (nSPS) is 25.3. The fraction of sp³-hybridized carbons (Fsp3) is 0.667. The number of hydrogen-bond donors (Lipinski definition) is 2. The molecule has 1 aromatic rings. The average molecular weight is 274 g/mol. The first kappa shape index (κ1) is 14.1. The van der Waals surface area contributed by atoms with Crippen molar-refractivity contribution in [1.29, 1.82) is 0 Å². The van der Waals surface area contributed by atoms with Gasteiger partial charge in [-0.2, -0.15) is 0 Å². The maximum atomic E-state index is 10.7. The Kier molecular flexibility index (Phi) is 3.87. The molecule has 2 N–H and O–H groups in total. The predicted molar refractivity (Wildman–Crippen MR) is 80.4 cm³/mol. The van der Waals surface area contributed by atoms with Gasteiger partial charge in [0.2, 0.25) is 0 Å². The van der Waals surface area contributed by atoms with Gasteiger partial charge >= 0.3 is 0 Å². The Labute approximate surface area is 121 Å². The van der Waals surface area contributed by atoms with Gasteiger partial charge in [0.25, 0.3) is 0 Å². The summed E-state index contributed by atoms with van der Waals surface area (Å²) in [5.41, 5.74) is 0.790. The lowest BCUT2D eigenvalue weighted by molar-refractivity contribution is -0.00414. The van der Waals surface area contributed by atoms with Gasteiger partial charge < -0.3 is 10.2 Å². The van der Waals surface area contributed by atoms with Crippen molar-refractivity contribution in [2.75, 3.05) is 0 Å². The maximum absolute atomic E-state index is 10.7. The lowest BCUT2D eigenvalue weighted by Gasteiger charge is -2.35. The highest BCUT2D eigenvalue weighted by Crippen LogP contribution is 2.40. The van der Waals surface area contributed by atoms with Gasteiger partial charge in [-0.15, -0.1) is 0 Å². The van der Waals surface area contributed by atoms with Crippen LogP contribution < -0.4 is 0 Å². The first-order valence-corrected chi connectivity index (χ1v) is 8.18. The Morgan fingerprint density at radius 2 is 0.850 bits per heavy atom.